The van der Waals surface area contributed by atoms with Crippen molar-refractivity contribution in [3.8, 4) is 34.4 Å². The third-order valence-electron chi connectivity index (χ3n) is 8.30. The molecule has 0 fully saturated rings. The summed E-state index contributed by atoms with van der Waals surface area (Å²) in [6.45, 7) is 0.198. The van der Waals surface area contributed by atoms with Crippen molar-refractivity contribution >= 4 is 17.6 Å². The Morgan fingerprint density at radius 2 is 1.81 bits per heavy atom. The summed E-state index contributed by atoms with van der Waals surface area (Å²) in [4.78, 5) is 16.3. The van der Waals surface area contributed by atoms with E-state index in [9.17, 15) is 24.7 Å². The number of aromatic nitrogens is 1. The molecule has 1 aromatic heterocycles. The van der Waals surface area contributed by atoms with E-state index < -0.39 is 12.0 Å². The predicted molar refractivity (Wildman–Crippen MR) is 178 cm³/mol. The zero-order valence-corrected chi connectivity index (χ0v) is 26.5. The molecule has 48 heavy (non-hydrogen) atoms. The Morgan fingerprint density at radius 3 is 2.58 bits per heavy atom. The van der Waals surface area contributed by atoms with Crippen LogP contribution in [0.1, 0.15) is 45.9 Å². The first kappa shape index (κ1) is 32.5. The highest BCUT2D eigenvalue weighted by Gasteiger charge is 2.28. The molecule has 0 amide bonds. The van der Waals surface area contributed by atoms with Crippen LogP contribution < -0.4 is 14.8 Å². The third kappa shape index (κ3) is 7.41. The molecule has 10 heteroatoms. The summed E-state index contributed by atoms with van der Waals surface area (Å²) >= 11 is 6.79. The van der Waals surface area contributed by atoms with Gasteiger partial charge in [0.25, 0.3) is 0 Å². The van der Waals surface area contributed by atoms with E-state index in [0.717, 1.165) is 22.3 Å². The van der Waals surface area contributed by atoms with E-state index in [2.05, 4.69) is 16.4 Å². The lowest BCUT2D eigenvalue weighted by molar-refractivity contribution is -0.139. The first-order chi connectivity index (χ1) is 23.3. The van der Waals surface area contributed by atoms with Gasteiger partial charge in [0.15, 0.2) is 0 Å². The average molecular weight is 664 g/mol. The van der Waals surface area contributed by atoms with Gasteiger partial charge in [-0.05, 0) is 71.8 Å². The molecule has 6 rings (SSSR count). The highest BCUT2D eigenvalue weighted by Crippen LogP contribution is 2.43. The Labute approximate surface area is 282 Å². The first-order valence-electron chi connectivity index (χ1n) is 15.4. The van der Waals surface area contributed by atoms with Crippen molar-refractivity contribution in [2.45, 2.75) is 44.6 Å². The second kappa shape index (κ2) is 14.6. The molecular formula is C38H31ClFN3O5. The Morgan fingerprint density at radius 1 is 1.02 bits per heavy atom. The minimum atomic E-state index is -1.04. The van der Waals surface area contributed by atoms with Crippen molar-refractivity contribution < 1.29 is 28.9 Å². The van der Waals surface area contributed by atoms with Crippen molar-refractivity contribution in [1.82, 2.24) is 10.3 Å². The maximum absolute atomic E-state index is 14.7. The normalized spacial score (nSPS) is 14.1. The summed E-state index contributed by atoms with van der Waals surface area (Å²) in [6, 6.07) is 25.1. The molecular weight excluding hydrogens is 633 g/mol. The maximum Gasteiger partial charge on any atom is 0.321 e. The molecule has 1 aliphatic rings. The molecule has 8 nitrogen and oxygen atoms in total. The van der Waals surface area contributed by atoms with Gasteiger partial charge in [-0.25, -0.2) is 4.39 Å². The van der Waals surface area contributed by atoms with E-state index in [4.69, 9.17) is 21.1 Å². The summed E-state index contributed by atoms with van der Waals surface area (Å²) in [5, 5.41) is 32.2. The number of pyridine rings is 1. The molecule has 0 saturated heterocycles. The lowest BCUT2D eigenvalue weighted by atomic mass is 9.96. The number of hydrogen-bond donors (Lipinski definition) is 3. The number of ether oxygens (including phenoxy) is 2. The molecule has 0 spiro atoms. The minimum absolute atomic E-state index is 0.0880. The van der Waals surface area contributed by atoms with E-state index in [1.54, 1.807) is 48.7 Å². The standard InChI is InChI=1S/C38H31ClFN3O5/c39-32-16-26(21-43-34(38(45)46)15-23-8-10-27(44)11-9-23)36(47-22-25-14-24(18-41)19-42-20-25)17-37(32)48-35-13-12-29-28(5-3-6-31(29)35)30-4-1-2-7-33(30)40/h1-11,14,16-17,19-20,34-35,43-44H,12-13,15,21-22H2,(H,45,46)/t34-,35+/m1/s1. The summed E-state index contributed by atoms with van der Waals surface area (Å²) < 4.78 is 27.4. The molecule has 0 unspecified atom stereocenters. The number of phenolic OH excluding ortho intramolecular Hbond substituents is 1. The number of nitrogens with zero attached hydrogens (tertiary/aromatic N) is 2. The van der Waals surface area contributed by atoms with Crippen LogP contribution in [0.5, 0.6) is 17.2 Å². The lowest BCUT2D eigenvalue weighted by Crippen LogP contribution is -2.38. The van der Waals surface area contributed by atoms with Crippen LogP contribution in [-0.2, 0) is 30.8 Å². The van der Waals surface area contributed by atoms with Gasteiger partial charge in [0.2, 0.25) is 0 Å². The molecule has 0 bridgehead atoms. The maximum atomic E-state index is 14.7. The molecule has 0 radical (unpaired) electrons. The van der Waals surface area contributed by atoms with Crippen molar-refractivity contribution in [2.75, 3.05) is 0 Å². The fourth-order valence-corrected chi connectivity index (χ4v) is 6.13. The summed E-state index contributed by atoms with van der Waals surface area (Å²) in [5.41, 5.74) is 5.77. The van der Waals surface area contributed by atoms with Crippen molar-refractivity contribution in [2.24, 2.45) is 0 Å². The fourth-order valence-electron chi connectivity index (χ4n) is 5.90. The summed E-state index contributed by atoms with van der Waals surface area (Å²) in [7, 11) is 0. The van der Waals surface area contributed by atoms with Crippen LogP contribution >= 0.6 is 11.6 Å². The summed E-state index contributed by atoms with van der Waals surface area (Å²) in [6.07, 6.45) is 4.29. The molecule has 2 atom stereocenters. The van der Waals surface area contributed by atoms with Gasteiger partial charge in [0.1, 0.15) is 47.9 Å². The number of carboxylic acids is 1. The number of hydrogen-bond acceptors (Lipinski definition) is 7. The zero-order chi connectivity index (χ0) is 33.6. The van der Waals surface area contributed by atoms with Gasteiger partial charge in [-0.3, -0.25) is 15.1 Å². The van der Waals surface area contributed by atoms with Gasteiger partial charge < -0.3 is 19.7 Å². The first-order valence-corrected chi connectivity index (χ1v) is 15.7. The van der Waals surface area contributed by atoms with E-state index in [0.29, 0.717) is 51.6 Å². The number of benzene rings is 4. The number of phenols is 1. The van der Waals surface area contributed by atoms with E-state index >= 15 is 0 Å². The number of carboxylic acid groups (broad SMARTS) is 1. The number of halogens is 2. The third-order valence-corrected chi connectivity index (χ3v) is 8.59. The van der Waals surface area contributed by atoms with Crippen molar-refractivity contribution in [3.05, 3.63) is 142 Å². The molecule has 1 aliphatic carbocycles. The molecule has 0 aliphatic heterocycles. The monoisotopic (exact) mass is 663 g/mol. The Balaban J connectivity index is 1.27. The quantitative estimate of drug-likeness (QED) is 0.125. The Kier molecular flexibility index (Phi) is 9.86. The van der Waals surface area contributed by atoms with Gasteiger partial charge in [-0.2, -0.15) is 5.26 Å². The average Bonchev–Trinajstić information content (AvgIpc) is 3.51. The fraction of sp³-hybridized carbons (Fsp3) is 0.184. The number of fused-ring (bicyclic) bond motifs is 1. The number of aliphatic carboxylic acids is 1. The van der Waals surface area contributed by atoms with Crippen LogP contribution in [0.25, 0.3) is 11.1 Å². The van der Waals surface area contributed by atoms with Crippen LogP contribution in [0.4, 0.5) is 4.39 Å². The number of aromatic hydroxyl groups is 1. The van der Waals surface area contributed by atoms with Crippen LogP contribution in [-0.4, -0.2) is 27.2 Å². The van der Waals surface area contributed by atoms with Crippen LogP contribution in [0.3, 0.4) is 0 Å². The smallest absolute Gasteiger partial charge is 0.321 e. The number of nitriles is 1. The minimum Gasteiger partial charge on any atom is -0.508 e. The molecule has 0 saturated carbocycles. The SMILES string of the molecule is N#Cc1cncc(COc2cc(O[C@H]3CCc4c(-c5ccccc5F)cccc43)c(Cl)cc2CN[C@H](Cc2ccc(O)cc2)C(=O)O)c1. The number of carbonyl (C=O) groups is 1. The van der Waals surface area contributed by atoms with Gasteiger partial charge in [0, 0.05) is 41.7 Å². The van der Waals surface area contributed by atoms with Gasteiger partial charge in [-0.15, -0.1) is 0 Å². The van der Waals surface area contributed by atoms with Crippen LogP contribution in [0.2, 0.25) is 5.02 Å². The summed E-state index contributed by atoms with van der Waals surface area (Å²) in [5.74, 6) is -0.429. The second-order valence-corrected chi connectivity index (χ2v) is 11.9. The van der Waals surface area contributed by atoms with Gasteiger partial charge in [0.05, 0.1) is 10.6 Å². The van der Waals surface area contributed by atoms with Gasteiger partial charge in [-0.1, -0.05) is 60.1 Å². The van der Waals surface area contributed by atoms with Crippen LogP contribution in [0, 0.1) is 17.1 Å². The molecule has 4 aromatic carbocycles. The van der Waals surface area contributed by atoms with Crippen LogP contribution in [0.15, 0.2) is 97.3 Å². The van der Waals surface area contributed by atoms with E-state index in [1.165, 1.54) is 24.4 Å². The highest BCUT2D eigenvalue weighted by molar-refractivity contribution is 6.32. The molecule has 242 valence electrons. The Hall–Kier alpha value is -5.43. The van der Waals surface area contributed by atoms with Crippen molar-refractivity contribution in [1.29, 1.82) is 5.26 Å². The van der Waals surface area contributed by atoms with Gasteiger partial charge >= 0.3 is 5.97 Å². The van der Waals surface area contributed by atoms with Crippen molar-refractivity contribution in [3.63, 3.8) is 0 Å². The Bertz CT molecular complexity index is 2000. The second-order valence-electron chi connectivity index (χ2n) is 11.5. The van der Waals surface area contributed by atoms with E-state index in [1.807, 2.05) is 24.3 Å². The number of nitrogens with one attached hydrogen (secondary N) is 1. The topological polar surface area (TPSA) is 125 Å². The molecule has 3 N–H and O–H groups in total. The molecule has 1 heterocycles. The largest absolute Gasteiger partial charge is 0.508 e. The lowest BCUT2D eigenvalue weighted by Gasteiger charge is -2.21. The molecule has 5 aromatic rings. The predicted octanol–water partition coefficient (Wildman–Crippen LogP) is 7.55. The van der Waals surface area contributed by atoms with E-state index in [-0.39, 0.29) is 37.2 Å². The zero-order valence-electron chi connectivity index (χ0n) is 25.7. The highest BCUT2D eigenvalue weighted by atomic mass is 35.5. The number of rotatable bonds is 12.